The van der Waals surface area contributed by atoms with Gasteiger partial charge in [-0.3, -0.25) is 4.79 Å². The van der Waals surface area contributed by atoms with Gasteiger partial charge in [-0.1, -0.05) is 94.7 Å². The second-order valence-electron chi connectivity index (χ2n) is 6.79. The van der Waals surface area contributed by atoms with Crippen molar-refractivity contribution < 1.29 is 9.90 Å². The fraction of sp³-hybridized carbons (Fsp3) is 0.542. The summed E-state index contributed by atoms with van der Waals surface area (Å²) in [6.45, 7) is 6.53. The van der Waals surface area contributed by atoms with Crippen LogP contribution in [0.5, 0.6) is 0 Å². The molecule has 2 N–H and O–H groups in total. The third-order valence-electron chi connectivity index (χ3n) is 4.30. The van der Waals surface area contributed by atoms with Gasteiger partial charge in [0, 0.05) is 12.6 Å². The molecule has 3 nitrogen and oxygen atoms in total. The number of aliphatic hydroxyl groups is 1. The number of rotatable bonds is 15. The van der Waals surface area contributed by atoms with Crippen molar-refractivity contribution in [3.8, 4) is 0 Å². The van der Waals surface area contributed by atoms with Gasteiger partial charge < -0.3 is 10.4 Å². The maximum absolute atomic E-state index is 11.8. The number of amides is 1. The Morgan fingerprint density at radius 1 is 0.852 bits per heavy atom. The Balaban J connectivity index is 3.97. The molecule has 0 aromatic rings. The SMILES string of the molecule is CCCC=CC=CCCC=CC=CC=CC(=O)NCC(O)(CC)CCCC. The van der Waals surface area contributed by atoms with Crippen LogP contribution >= 0.6 is 0 Å². The Morgan fingerprint density at radius 2 is 1.44 bits per heavy atom. The molecule has 0 aromatic carbocycles. The number of hydrogen-bond donors (Lipinski definition) is 2. The lowest BCUT2D eigenvalue weighted by Crippen LogP contribution is -2.42. The first-order valence-corrected chi connectivity index (χ1v) is 10.4. The van der Waals surface area contributed by atoms with E-state index >= 15 is 0 Å². The van der Waals surface area contributed by atoms with Crippen LogP contribution in [0.4, 0.5) is 0 Å². The monoisotopic (exact) mass is 373 g/mol. The molecule has 0 aliphatic heterocycles. The predicted octanol–water partition coefficient (Wildman–Crippen LogP) is 5.80. The van der Waals surface area contributed by atoms with E-state index in [1.54, 1.807) is 6.08 Å². The highest BCUT2D eigenvalue weighted by molar-refractivity contribution is 5.87. The zero-order valence-electron chi connectivity index (χ0n) is 17.5. The fourth-order valence-corrected chi connectivity index (χ4v) is 2.36. The first-order chi connectivity index (χ1) is 13.1. The van der Waals surface area contributed by atoms with Gasteiger partial charge >= 0.3 is 0 Å². The summed E-state index contributed by atoms with van der Waals surface area (Å²) in [5, 5.41) is 13.2. The quantitative estimate of drug-likeness (QED) is 0.217. The van der Waals surface area contributed by atoms with E-state index in [0.29, 0.717) is 13.0 Å². The van der Waals surface area contributed by atoms with E-state index in [-0.39, 0.29) is 5.91 Å². The Labute approximate surface area is 166 Å². The molecule has 1 amide bonds. The van der Waals surface area contributed by atoms with E-state index in [9.17, 15) is 9.90 Å². The van der Waals surface area contributed by atoms with E-state index in [2.05, 4.69) is 49.5 Å². The number of hydrogen-bond acceptors (Lipinski definition) is 2. The van der Waals surface area contributed by atoms with Crippen LogP contribution in [0.25, 0.3) is 0 Å². The number of unbranched alkanes of at least 4 members (excludes halogenated alkanes) is 3. The van der Waals surface area contributed by atoms with Crippen LogP contribution in [0.2, 0.25) is 0 Å². The Morgan fingerprint density at radius 3 is 2.04 bits per heavy atom. The minimum atomic E-state index is -0.793. The normalized spacial score (nSPS) is 15.0. The van der Waals surface area contributed by atoms with Crippen LogP contribution in [0.3, 0.4) is 0 Å². The number of carbonyl (C=O) groups is 1. The third-order valence-corrected chi connectivity index (χ3v) is 4.30. The summed E-state index contributed by atoms with van der Waals surface area (Å²) in [6.07, 6.45) is 27.4. The summed E-state index contributed by atoms with van der Waals surface area (Å²) in [5.41, 5.74) is -0.793. The Hall–Kier alpha value is -1.87. The highest BCUT2D eigenvalue weighted by Gasteiger charge is 2.23. The molecule has 0 fully saturated rings. The van der Waals surface area contributed by atoms with Crippen LogP contribution in [0.1, 0.15) is 72.1 Å². The molecule has 3 heteroatoms. The number of nitrogens with one attached hydrogen (secondary N) is 1. The average molecular weight is 374 g/mol. The maximum Gasteiger partial charge on any atom is 0.244 e. The number of allylic oxidation sites excluding steroid dienone is 9. The molecule has 27 heavy (non-hydrogen) atoms. The lowest BCUT2D eigenvalue weighted by Gasteiger charge is -2.26. The van der Waals surface area contributed by atoms with Crippen molar-refractivity contribution in [1.29, 1.82) is 0 Å². The summed E-state index contributed by atoms with van der Waals surface area (Å²) >= 11 is 0. The second kappa shape index (κ2) is 17.5. The molecule has 0 saturated carbocycles. The highest BCUT2D eigenvalue weighted by Crippen LogP contribution is 2.17. The van der Waals surface area contributed by atoms with E-state index in [1.807, 2.05) is 25.2 Å². The van der Waals surface area contributed by atoms with Crippen molar-refractivity contribution >= 4 is 5.91 Å². The maximum atomic E-state index is 11.8. The van der Waals surface area contributed by atoms with Gasteiger partial charge in [-0.15, -0.1) is 0 Å². The van der Waals surface area contributed by atoms with Crippen LogP contribution in [-0.4, -0.2) is 23.2 Å². The molecule has 0 saturated heterocycles. The molecule has 1 atom stereocenters. The highest BCUT2D eigenvalue weighted by atomic mass is 16.3. The van der Waals surface area contributed by atoms with Crippen molar-refractivity contribution in [2.45, 2.75) is 77.7 Å². The van der Waals surface area contributed by atoms with Gasteiger partial charge in [-0.25, -0.2) is 0 Å². The van der Waals surface area contributed by atoms with Gasteiger partial charge in [-0.05, 0) is 32.1 Å². The van der Waals surface area contributed by atoms with E-state index in [4.69, 9.17) is 0 Å². The second-order valence-corrected chi connectivity index (χ2v) is 6.79. The van der Waals surface area contributed by atoms with Gasteiger partial charge in [-0.2, -0.15) is 0 Å². The zero-order valence-corrected chi connectivity index (χ0v) is 17.5. The van der Waals surface area contributed by atoms with Crippen molar-refractivity contribution in [1.82, 2.24) is 5.32 Å². The minimum Gasteiger partial charge on any atom is -0.388 e. The topological polar surface area (TPSA) is 49.3 Å². The molecule has 0 aromatic heterocycles. The molecule has 1 unspecified atom stereocenters. The lowest BCUT2D eigenvalue weighted by molar-refractivity contribution is -0.117. The van der Waals surface area contributed by atoms with Gasteiger partial charge in [0.1, 0.15) is 0 Å². The fourth-order valence-electron chi connectivity index (χ4n) is 2.36. The van der Waals surface area contributed by atoms with Gasteiger partial charge in [0.05, 0.1) is 5.60 Å². The van der Waals surface area contributed by atoms with E-state index in [0.717, 1.165) is 38.5 Å². The van der Waals surface area contributed by atoms with Gasteiger partial charge in [0.2, 0.25) is 5.91 Å². The first kappa shape index (κ1) is 25.1. The standard InChI is InChI=1S/C24H39NO2/c1-4-7-9-10-11-12-13-14-15-16-17-18-19-20-23(26)25-22-24(27,6-3)21-8-5-2/h9-12,15-20,27H,4-8,13-14,21-22H2,1-3H3,(H,25,26). The molecule has 0 aliphatic carbocycles. The summed E-state index contributed by atoms with van der Waals surface area (Å²) < 4.78 is 0. The zero-order chi connectivity index (χ0) is 20.2. The summed E-state index contributed by atoms with van der Waals surface area (Å²) in [4.78, 5) is 11.8. The predicted molar refractivity (Wildman–Crippen MR) is 118 cm³/mol. The molecular weight excluding hydrogens is 334 g/mol. The lowest BCUT2D eigenvalue weighted by atomic mass is 9.94. The molecule has 0 spiro atoms. The molecule has 0 rings (SSSR count). The third kappa shape index (κ3) is 16.1. The Bertz CT molecular complexity index is 514. The summed E-state index contributed by atoms with van der Waals surface area (Å²) in [6, 6.07) is 0. The van der Waals surface area contributed by atoms with Crippen LogP contribution in [0, 0.1) is 0 Å². The summed E-state index contributed by atoms with van der Waals surface area (Å²) in [7, 11) is 0. The van der Waals surface area contributed by atoms with Crippen molar-refractivity contribution in [2.75, 3.05) is 6.54 Å². The van der Waals surface area contributed by atoms with Gasteiger partial charge in [0.15, 0.2) is 0 Å². The summed E-state index contributed by atoms with van der Waals surface area (Å²) in [5.74, 6) is -0.173. The largest absolute Gasteiger partial charge is 0.388 e. The average Bonchev–Trinajstić information content (AvgIpc) is 2.68. The molecular formula is C24H39NO2. The van der Waals surface area contributed by atoms with Crippen LogP contribution < -0.4 is 5.32 Å². The van der Waals surface area contributed by atoms with Crippen LogP contribution in [0.15, 0.2) is 60.8 Å². The van der Waals surface area contributed by atoms with E-state index < -0.39 is 5.60 Å². The van der Waals surface area contributed by atoms with E-state index in [1.165, 1.54) is 12.5 Å². The first-order valence-electron chi connectivity index (χ1n) is 10.4. The smallest absolute Gasteiger partial charge is 0.244 e. The number of carbonyl (C=O) groups excluding carboxylic acids is 1. The molecule has 0 aliphatic rings. The van der Waals surface area contributed by atoms with Crippen molar-refractivity contribution in [3.05, 3.63) is 60.8 Å². The Kier molecular flexibility index (Phi) is 16.3. The molecule has 0 radical (unpaired) electrons. The minimum absolute atomic E-state index is 0.173. The molecule has 0 bridgehead atoms. The van der Waals surface area contributed by atoms with Gasteiger partial charge in [0.25, 0.3) is 0 Å². The van der Waals surface area contributed by atoms with Crippen LogP contribution in [-0.2, 0) is 4.79 Å². The van der Waals surface area contributed by atoms with Crippen molar-refractivity contribution in [3.63, 3.8) is 0 Å². The van der Waals surface area contributed by atoms with Crippen molar-refractivity contribution in [2.24, 2.45) is 0 Å². The molecule has 0 heterocycles. The molecule has 152 valence electrons.